The number of piperazine rings is 1. The summed E-state index contributed by atoms with van der Waals surface area (Å²) < 4.78 is 1.32. The Morgan fingerprint density at radius 1 is 0.871 bits per heavy atom. The maximum Gasteiger partial charge on any atom is 0.225 e. The highest BCUT2D eigenvalue weighted by atomic mass is 32.1. The summed E-state index contributed by atoms with van der Waals surface area (Å²) in [4.78, 5) is 30.8. The number of aldehydes is 1. The molecule has 0 saturated carbocycles. The second-order valence-electron chi connectivity index (χ2n) is 8.39. The van der Waals surface area contributed by atoms with Crippen molar-refractivity contribution in [3.8, 4) is 0 Å². The molecule has 5 nitrogen and oxygen atoms in total. The van der Waals surface area contributed by atoms with E-state index in [1.807, 2.05) is 24.3 Å². The molecule has 2 saturated heterocycles. The van der Waals surface area contributed by atoms with Crippen LogP contribution in [0.4, 0.5) is 11.4 Å². The lowest BCUT2D eigenvalue weighted by atomic mass is 9.94. The van der Waals surface area contributed by atoms with Crippen molar-refractivity contribution in [1.29, 1.82) is 0 Å². The number of anilines is 2. The minimum absolute atomic E-state index is 0.123. The van der Waals surface area contributed by atoms with Crippen LogP contribution in [0.5, 0.6) is 0 Å². The van der Waals surface area contributed by atoms with E-state index in [0.29, 0.717) is 11.5 Å². The monoisotopic (exact) mass is 433 g/mol. The van der Waals surface area contributed by atoms with E-state index in [9.17, 15) is 9.59 Å². The van der Waals surface area contributed by atoms with Gasteiger partial charge in [0.15, 0.2) is 0 Å². The fourth-order valence-corrected chi connectivity index (χ4v) is 5.64. The summed E-state index contributed by atoms with van der Waals surface area (Å²) >= 11 is 1.78. The van der Waals surface area contributed by atoms with Crippen LogP contribution in [0.3, 0.4) is 0 Å². The Morgan fingerprint density at radius 2 is 1.61 bits per heavy atom. The van der Waals surface area contributed by atoms with Crippen molar-refractivity contribution < 1.29 is 9.59 Å². The molecule has 1 amide bonds. The van der Waals surface area contributed by atoms with E-state index >= 15 is 0 Å². The topological polar surface area (TPSA) is 43.9 Å². The highest BCUT2D eigenvalue weighted by Gasteiger charge is 2.30. The molecular weight excluding hydrogens is 406 g/mol. The van der Waals surface area contributed by atoms with Gasteiger partial charge in [0.2, 0.25) is 5.91 Å². The number of fused-ring (bicyclic) bond motifs is 1. The molecule has 5 rings (SSSR count). The number of piperidine rings is 1. The molecule has 3 aromatic rings. The molecule has 0 N–H and O–H groups in total. The largest absolute Gasteiger partial charge is 0.371 e. The molecule has 0 aliphatic carbocycles. The van der Waals surface area contributed by atoms with Crippen LogP contribution in [-0.4, -0.2) is 56.4 Å². The van der Waals surface area contributed by atoms with E-state index < -0.39 is 0 Å². The third-order valence-corrected chi connectivity index (χ3v) is 7.53. The molecule has 3 heterocycles. The summed E-state index contributed by atoms with van der Waals surface area (Å²) in [6.07, 6.45) is 2.65. The Kier molecular flexibility index (Phi) is 5.64. The fraction of sp³-hybridized carbons (Fsp3) is 0.360. The van der Waals surface area contributed by atoms with E-state index in [4.69, 9.17) is 0 Å². The summed E-state index contributed by atoms with van der Waals surface area (Å²) in [6, 6.07) is 16.4. The number of hydrogen-bond donors (Lipinski definition) is 0. The van der Waals surface area contributed by atoms with Crippen LogP contribution >= 0.6 is 11.3 Å². The number of benzene rings is 2. The zero-order valence-corrected chi connectivity index (χ0v) is 18.4. The highest BCUT2D eigenvalue weighted by Crippen LogP contribution is 2.31. The van der Waals surface area contributed by atoms with E-state index in [1.165, 1.54) is 15.8 Å². The van der Waals surface area contributed by atoms with E-state index in [0.717, 1.165) is 64.1 Å². The van der Waals surface area contributed by atoms with Crippen molar-refractivity contribution in [3.05, 3.63) is 59.5 Å². The Labute approximate surface area is 186 Å². The van der Waals surface area contributed by atoms with Crippen molar-refractivity contribution in [3.63, 3.8) is 0 Å². The molecule has 2 aliphatic heterocycles. The van der Waals surface area contributed by atoms with Gasteiger partial charge in [-0.2, -0.15) is 0 Å². The number of hydrogen-bond acceptors (Lipinski definition) is 5. The van der Waals surface area contributed by atoms with Gasteiger partial charge < -0.3 is 14.7 Å². The average molecular weight is 434 g/mol. The molecule has 0 radical (unpaired) electrons. The Bertz CT molecular complexity index is 1060. The summed E-state index contributed by atoms with van der Waals surface area (Å²) in [6.45, 7) is 5.15. The van der Waals surface area contributed by atoms with Gasteiger partial charge in [-0.05, 0) is 60.7 Å². The molecular formula is C25H27N3O2S. The number of carbonyl (C=O) groups is 2. The van der Waals surface area contributed by atoms with Crippen molar-refractivity contribution >= 4 is 45.0 Å². The fourth-order valence-electron chi connectivity index (χ4n) is 4.83. The first-order chi connectivity index (χ1) is 15.2. The zero-order chi connectivity index (χ0) is 21.2. The van der Waals surface area contributed by atoms with Gasteiger partial charge in [-0.15, -0.1) is 11.3 Å². The van der Waals surface area contributed by atoms with Gasteiger partial charge in [0.1, 0.15) is 6.29 Å². The SMILES string of the molecule is O=Cc1ccc(N2CCC(C(=O)N3CCN(c4cccc5sccc45)CC3)CC2)cc1. The van der Waals surface area contributed by atoms with Gasteiger partial charge >= 0.3 is 0 Å². The Morgan fingerprint density at radius 3 is 2.32 bits per heavy atom. The molecule has 6 heteroatoms. The molecule has 2 fully saturated rings. The van der Waals surface area contributed by atoms with Crippen LogP contribution in [-0.2, 0) is 4.79 Å². The van der Waals surface area contributed by atoms with Crippen molar-refractivity contribution in [2.75, 3.05) is 49.1 Å². The molecule has 2 aromatic carbocycles. The third-order valence-electron chi connectivity index (χ3n) is 6.64. The predicted molar refractivity (Wildman–Crippen MR) is 127 cm³/mol. The average Bonchev–Trinajstić information content (AvgIpc) is 3.33. The van der Waals surface area contributed by atoms with Crippen molar-refractivity contribution in [1.82, 2.24) is 4.90 Å². The smallest absolute Gasteiger partial charge is 0.225 e. The second-order valence-corrected chi connectivity index (χ2v) is 9.34. The van der Waals surface area contributed by atoms with Gasteiger partial charge in [-0.3, -0.25) is 9.59 Å². The minimum Gasteiger partial charge on any atom is -0.371 e. The van der Waals surface area contributed by atoms with Crippen LogP contribution < -0.4 is 9.80 Å². The standard InChI is InChI=1S/C25H27N3O2S/c29-18-19-4-6-21(7-5-19)26-11-8-20(9-12-26)25(30)28-15-13-27(14-16-28)23-2-1-3-24-22(23)10-17-31-24/h1-7,10,17-18,20H,8-9,11-16H2. The van der Waals surface area contributed by atoms with E-state index in [1.54, 1.807) is 11.3 Å². The zero-order valence-electron chi connectivity index (χ0n) is 17.6. The molecule has 0 spiro atoms. The van der Waals surface area contributed by atoms with Gasteiger partial charge in [0.05, 0.1) is 0 Å². The van der Waals surface area contributed by atoms with Gasteiger partial charge in [0, 0.05) is 72.2 Å². The molecule has 160 valence electrons. The lowest BCUT2D eigenvalue weighted by Crippen LogP contribution is -2.51. The quantitative estimate of drug-likeness (QED) is 0.576. The number of thiophene rings is 1. The summed E-state index contributed by atoms with van der Waals surface area (Å²) in [5.41, 5.74) is 3.12. The van der Waals surface area contributed by atoms with Crippen LogP contribution in [0.1, 0.15) is 23.2 Å². The minimum atomic E-state index is 0.123. The summed E-state index contributed by atoms with van der Waals surface area (Å²) in [7, 11) is 0. The molecule has 0 atom stereocenters. The van der Waals surface area contributed by atoms with Crippen molar-refractivity contribution in [2.24, 2.45) is 5.92 Å². The number of rotatable bonds is 4. The summed E-state index contributed by atoms with van der Waals surface area (Å²) in [5, 5.41) is 3.47. The van der Waals surface area contributed by atoms with Gasteiger partial charge in [-0.1, -0.05) is 6.07 Å². The number of nitrogens with zero attached hydrogens (tertiary/aromatic N) is 3. The van der Waals surface area contributed by atoms with Crippen LogP contribution in [0.25, 0.3) is 10.1 Å². The normalized spacial score (nSPS) is 17.9. The van der Waals surface area contributed by atoms with E-state index in [2.05, 4.69) is 44.3 Å². The number of carbonyl (C=O) groups excluding carboxylic acids is 2. The first-order valence-electron chi connectivity index (χ1n) is 11.0. The predicted octanol–water partition coefficient (Wildman–Crippen LogP) is 4.28. The van der Waals surface area contributed by atoms with E-state index in [-0.39, 0.29) is 5.92 Å². The van der Waals surface area contributed by atoms with Crippen LogP contribution in [0.2, 0.25) is 0 Å². The molecule has 31 heavy (non-hydrogen) atoms. The third kappa shape index (κ3) is 4.04. The lowest BCUT2D eigenvalue weighted by Gasteiger charge is -2.40. The number of amides is 1. The molecule has 1 aromatic heterocycles. The maximum absolute atomic E-state index is 13.1. The van der Waals surface area contributed by atoms with Crippen LogP contribution in [0, 0.1) is 5.92 Å². The van der Waals surface area contributed by atoms with Crippen LogP contribution in [0.15, 0.2) is 53.9 Å². The van der Waals surface area contributed by atoms with Crippen molar-refractivity contribution in [2.45, 2.75) is 12.8 Å². The highest BCUT2D eigenvalue weighted by molar-refractivity contribution is 7.17. The lowest BCUT2D eigenvalue weighted by molar-refractivity contribution is -0.136. The van der Waals surface area contributed by atoms with Gasteiger partial charge in [-0.25, -0.2) is 0 Å². The maximum atomic E-state index is 13.1. The summed E-state index contributed by atoms with van der Waals surface area (Å²) in [5.74, 6) is 0.446. The first kappa shape index (κ1) is 20.1. The van der Waals surface area contributed by atoms with Gasteiger partial charge in [0.25, 0.3) is 0 Å². The molecule has 0 bridgehead atoms. The Hall–Kier alpha value is -2.86. The molecule has 0 unspecified atom stereocenters. The Balaban J connectivity index is 1.16. The first-order valence-corrected chi connectivity index (χ1v) is 11.9. The molecule has 2 aliphatic rings. The second kappa shape index (κ2) is 8.71.